The molecule has 3 saturated heterocycles. The molecule has 3 rings (SSSR count). The van der Waals surface area contributed by atoms with E-state index in [-0.39, 0.29) is 0 Å². The van der Waals surface area contributed by atoms with E-state index in [9.17, 15) is 4.79 Å². The van der Waals surface area contributed by atoms with E-state index in [1.807, 2.05) is 0 Å². The second kappa shape index (κ2) is 6.41. The van der Waals surface area contributed by atoms with Gasteiger partial charge in [0.15, 0.2) is 0 Å². The number of likely N-dealkylation sites (tertiary alicyclic amines) is 1. The molecule has 1 N–H and O–H groups in total. The fraction of sp³-hybridized carbons (Fsp3) is 0.933. The van der Waals surface area contributed by atoms with Gasteiger partial charge < -0.3 is 10.2 Å². The van der Waals surface area contributed by atoms with E-state index < -0.39 is 0 Å². The summed E-state index contributed by atoms with van der Waals surface area (Å²) in [4.78, 5) is 19.5. The zero-order chi connectivity index (χ0) is 13.9. The van der Waals surface area contributed by atoms with Crippen molar-refractivity contribution in [1.82, 2.24) is 20.0 Å². The Morgan fingerprint density at radius 1 is 1.10 bits per heavy atom. The summed E-state index contributed by atoms with van der Waals surface area (Å²) >= 11 is 0. The van der Waals surface area contributed by atoms with Gasteiger partial charge in [-0.3, -0.25) is 14.6 Å². The van der Waals surface area contributed by atoms with Crippen LogP contribution in [0, 0.1) is 0 Å². The van der Waals surface area contributed by atoms with Gasteiger partial charge in [0.2, 0.25) is 5.91 Å². The number of fused-ring (bicyclic) bond motifs is 2. The van der Waals surface area contributed by atoms with Crippen molar-refractivity contribution in [2.24, 2.45) is 0 Å². The molecule has 0 aromatic carbocycles. The highest BCUT2D eigenvalue weighted by Crippen LogP contribution is 2.28. The maximum atomic E-state index is 12.6. The molecule has 1 amide bonds. The largest absolute Gasteiger partial charge is 0.340 e. The zero-order valence-corrected chi connectivity index (χ0v) is 12.7. The van der Waals surface area contributed by atoms with E-state index >= 15 is 0 Å². The maximum Gasteiger partial charge on any atom is 0.236 e. The van der Waals surface area contributed by atoms with Gasteiger partial charge in [-0.2, -0.15) is 0 Å². The molecule has 3 aliphatic rings. The van der Waals surface area contributed by atoms with Gasteiger partial charge in [0, 0.05) is 38.3 Å². The second-order valence-electron chi connectivity index (χ2n) is 6.56. The van der Waals surface area contributed by atoms with Crippen molar-refractivity contribution in [1.29, 1.82) is 0 Å². The average Bonchev–Trinajstić information content (AvgIpc) is 2.60. The highest BCUT2D eigenvalue weighted by molar-refractivity contribution is 5.78. The van der Waals surface area contributed by atoms with Crippen LogP contribution in [-0.2, 0) is 4.79 Å². The fourth-order valence-electron chi connectivity index (χ4n) is 3.89. The normalized spacial score (nSPS) is 33.0. The molecule has 0 aromatic heterocycles. The first-order valence-corrected chi connectivity index (χ1v) is 8.17. The van der Waals surface area contributed by atoms with Crippen LogP contribution in [0.5, 0.6) is 0 Å². The van der Waals surface area contributed by atoms with E-state index in [2.05, 4.69) is 27.1 Å². The van der Waals surface area contributed by atoms with Crippen LogP contribution in [0.25, 0.3) is 0 Å². The minimum absolute atomic E-state index is 0.341. The molecule has 2 bridgehead atoms. The molecular formula is C15H28N4O. The number of rotatable bonds is 2. The monoisotopic (exact) mass is 280 g/mol. The van der Waals surface area contributed by atoms with Crippen molar-refractivity contribution < 1.29 is 4.79 Å². The lowest BCUT2D eigenvalue weighted by molar-refractivity contribution is -0.132. The van der Waals surface area contributed by atoms with E-state index in [0.29, 0.717) is 24.5 Å². The SMILES string of the molecule is CN1C2CCC1CN(C(=O)CN1CCCNCC1)CC2. The van der Waals surface area contributed by atoms with Crippen LogP contribution >= 0.6 is 0 Å². The summed E-state index contributed by atoms with van der Waals surface area (Å²) in [5.74, 6) is 0.341. The zero-order valence-electron chi connectivity index (χ0n) is 12.7. The third-order valence-electron chi connectivity index (χ3n) is 5.29. The molecule has 0 aliphatic carbocycles. The van der Waals surface area contributed by atoms with Crippen molar-refractivity contribution in [2.75, 3.05) is 52.9 Å². The van der Waals surface area contributed by atoms with Crippen molar-refractivity contribution in [3.05, 3.63) is 0 Å². The summed E-state index contributed by atoms with van der Waals surface area (Å²) in [6.07, 6.45) is 4.89. The standard InChI is InChI=1S/C15H28N4O/c1-17-13-3-4-14(17)11-19(9-5-13)15(20)12-18-8-2-6-16-7-10-18/h13-14,16H,2-12H2,1H3. The minimum Gasteiger partial charge on any atom is -0.340 e. The van der Waals surface area contributed by atoms with Gasteiger partial charge in [-0.1, -0.05) is 0 Å². The van der Waals surface area contributed by atoms with Gasteiger partial charge >= 0.3 is 0 Å². The predicted molar refractivity (Wildman–Crippen MR) is 79.7 cm³/mol. The summed E-state index contributed by atoms with van der Waals surface area (Å²) in [5, 5.41) is 3.39. The summed E-state index contributed by atoms with van der Waals surface area (Å²) < 4.78 is 0. The molecule has 0 aromatic rings. The Kier molecular flexibility index (Phi) is 4.58. The van der Waals surface area contributed by atoms with Crippen LogP contribution in [0.15, 0.2) is 0 Å². The van der Waals surface area contributed by atoms with E-state index in [1.54, 1.807) is 0 Å². The Bertz CT molecular complexity index is 341. The molecule has 2 unspecified atom stereocenters. The quantitative estimate of drug-likeness (QED) is 0.771. The van der Waals surface area contributed by atoms with Crippen molar-refractivity contribution in [2.45, 2.75) is 37.8 Å². The first-order chi connectivity index (χ1) is 9.74. The van der Waals surface area contributed by atoms with Gasteiger partial charge in [0.1, 0.15) is 0 Å². The fourth-order valence-corrected chi connectivity index (χ4v) is 3.89. The summed E-state index contributed by atoms with van der Waals surface area (Å²) in [7, 11) is 2.23. The average molecular weight is 280 g/mol. The molecule has 3 heterocycles. The first-order valence-electron chi connectivity index (χ1n) is 8.17. The lowest BCUT2D eigenvalue weighted by Crippen LogP contribution is -2.45. The topological polar surface area (TPSA) is 38.8 Å². The van der Waals surface area contributed by atoms with Gasteiger partial charge in [0.25, 0.3) is 0 Å². The van der Waals surface area contributed by atoms with Crippen molar-refractivity contribution >= 4 is 5.91 Å². The summed E-state index contributed by atoms with van der Waals surface area (Å²) in [6.45, 7) is 6.67. The van der Waals surface area contributed by atoms with Gasteiger partial charge in [0.05, 0.1) is 6.54 Å². The number of nitrogens with zero attached hydrogens (tertiary/aromatic N) is 3. The van der Waals surface area contributed by atoms with Crippen LogP contribution in [0.2, 0.25) is 0 Å². The first kappa shape index (κ1) is 14.3. The number of carbonyl (C=O) groups is 1. The highest BCUT2D eigenvalue weighted by atomic mass is 16.2. The number of carbonyl (C=O) groups excluding carboxylic acids is 1. The van der Waals surface area contributed by atoms with Crippen LogP contribution in [0.3, 0.4) is 0 Å². The molecule has 0 saturated carbocycles. The molecule has 0 radical (unpaired) electrons. The second-order valence-corrected chi connectivity index (χ2v) is 6.56. The van der Waals surface area contributed by atoms with Crippen LogP contribution in [-0.4, -0.2) is 85.6 Å². The number of amides is 1. The minimum atomic E-state index is 0.341. The molecule has 2 atom stereocenters. The van der Waals surface area contributed by atoms with Gasteiger partial charge in [-0.25, -0.2) is 0 Å². The van der Waals surface area contributed by atoms with Crippen LogP contribution in [0.1, 0.15) is 25.7 Å². The number of likely N-dealkylation sites (N-methyl/N-ethyl adjacent to an activating group) is 1. The summed E-state index contributed by atoms with van der Waals surface area (Å²) in [6, 6.07) is 1.30. The third kappa shape index (κ3) is 3.15. The third-order valence-corrected chi connectivity index (χ3v) is 5.29. The van der Waals surface area contributed by atoms with E-state index in [4.69, 9.17) is 0 Å². The number of hydrogen-bond donors (Lipinski definition) is 1. The Labute approximate surface area is 122 Å². The Morgan fingerprint density at radius 3 is 2.85 bits per heavy atom. The molecule has 3 fully saturated rings. The molecule has 0 spiro atoms. The number of hydrogen-bond acceptors (Lipinski definition) is 4. The smallest absolute Gasteiger partial charge is 0.236 e. The van der Waals surface area contributed by atoms with Gasteiger partial charge in [-0.15, -0.1) is 0 Å². The van der Waals surface area contributed by atoms with Crippen molar-refractivity contribution in [3.8, 4) is 0 Å². The predicted octanol–water partition coefficient (Wildman–Crippen LogP) is -0.0232. The molecule has 20 heavy (non-hydrogen) atoms. The summed E-state index contributed by atoms with van der Waals surface area (Å²) in [5.41, 5.74) is 0. The molecule has 114 valence electrons. The van der Waals surface area contributed by atoms with Crippen LogP contribution in [0.4, 0.5) is 0 Å². The van der Waals surface area contributed by atoms with Gasteiger partial charge in [-0.05, 0) is 45.8 Å². The van der Waals surface area contributed by atoms with E-state index in [1.165, 1.54) is 12.8 Å². The highest BCUT2D eigenvalue weighted by Gasteiger charge is 2.36. The van der Waals surface area contributed by atoms with Crippen LogP contribution < -0.4 is 5.32 Å². The molecule has 5 heteroatoms. The lowest BCUT2D eigenvalue weighted by Gasteiger charge is -2.28. The van der Waals surface area contributed by atoms with Crippen molar-refractivity contribution in [3.63, 3.8) is 0 Å². The maximum absolute atomic E-state index is 12.6. The molecular weight excluding hydrogens is 252 g/mol. The Balaban J connectivity index is 1.54. The molecule has 5 nitrogen and oxygen atoms in total. The molecule has 3 aliphatic heterocycles. The lowest BCUT2D eigenvalue weighted by atomic mass is 10.1. The number of nitrogens with one attached hydrogen (secondary N) is 1. The Morgan fingerprint density at radius 2 is 1.95 bits per heavy atom. The Hall–Kier alpha value is -0.650. The van der Waals surface area contributed by atoms with E-state index in [0.717, 1.165) is 52.1 Å².